The minimum Gasteiger partial charge on any atom is -0.268 e. The van der Waals surface area contributed by atoms with Crippen molar-refractivity contribution >= 4 is 0 Å². The molecule has 58 valence electrons. The summed E-state index contributed by atoms with van der Waals surface area (Å²) < 4.78 is 0. The van der Waals surface area contributed by atoms with Crippen molar-refractivity contribution in [2.75, 3.05) is 6.54 Å². The Morgan fingerprint density at radius 3 is 2.00 bits per heavy atom. The summed E-state index contributed by atoms with van der Waals surface area (Å²) >= 11 is 0. The van der Waals surface area contributed by atoms with Gasteiger partial charge in [0.2, 0.25) is 0 Å². The summed E-state index contributed by atoms with van der Waals surface area (Å²) in [6.07, 6.45) is 8.27. The molecule has 0 amide bonds. The van der Waals surface area contributed by atoms with Crippen LogP contribution in [0, 0.1) is 0 Å². The molecule has 2 fully saturated rings. The molecule has 1 aliphatic carbocycles. The first-order valence-corrected chi connectivity index (χ1v) is 4.36. The molecule has 0 aromatic heterocycles. The van der Waals surface area contributed by atoms with Crippen molar-refractivity contribution in [3.63, 3.8) is 0 Å². The molecule has 2 N–H and O–H groups in total. The molecule has 2 heteroatoms. The molecule has 0 unspecified atom stereocenters. The van der Waals surface area contributed by atoms with Crippen molar-refractivity contribution in [1.29, 1.82) is 0 Å². The van der Waals surface area contributed by atoms with Crippen molar-refractivity contribution in [3.8, 4) is 0 Å². The Morgan fingerprint density at radius 1 is 1.00 bits per heavy atom. The van der Waals surface area contributed by atoms with E-state index in [1.807, 2.05) is 0 Å². The second kappa shape index (κ2) is 2.21. The molecule has 0 aromatic rings. The van der Waals surface area contributed by atoms with Crippen molar-refractivity contribution in [2.24, 2.45) is 5.84 Å². The minimum atomic E-state index is 0.470. The molecule has 2 aliphatic rings. The minimum absolute atomic E-state index is 0.470. The maximum Gasteiger partial charge on any atom is 0.0364 e. The maximum absolute atomic E-state index is 5.82. The van der Waals surface area contributed by atoms with Crippen LogP contribution in [-0.4, -0.2) is 17.1 Å². The maximum atomic E-state index is 5.82. The summed E-state index contributed by atoms with van der Waals surface area (Å²) in [5.74, 6) is 5.82. The first kappa shape index (κ1) is 6.62. The van der Waals surface area contributed by atoms with E-state index in [1.165, 1.54) is 38.5 Å². The van der Waals surface area contributed by atoms with Crippen LogP contribution in [0.2, 0.25) is 0 Å². The summed E-state index contributed by atoms with van der Waals surface area (Å²) in [4.78, 5) is 0. The smallest absolute Gasteiger partial charge is 0.0364 e. The van der Waals surface area contributed by atoms with E-state index in [2.05, 4.69) is 5.01 Å². The fraction of sp³-hybridized carbons (Fsp3) is 1.00. The van der Waals surface area contributed by atoms with Gasteiger partial charge in [-0.05, 0) is 19.3 Å². The highest BCUT2D eigenvalue weighted by Gasteiger charge is 2.43. The number of rotatable bonds is 0. The lowest BCUT2D eigenvalue weighted by atomic mass is 9.74. The van der Waals surface area contributed by atoms with Crippen molar-refractivity contribution in [1.82, 2.24) is 5.01 Å². The van der Waals surface area contributed by atoms with Crippen LogP contribution in [0.25, 0.3) is 0 Å². The van der Waals surface area contributed by atoms with Gasteiger partial charge >= 0.3 is 0 Å². The van der Waals surface area contributed by atoms with Gasteiger partial charge in [0.15, 0.2) is 0 Å². The predicted molar refractivity (Wildman–Crippen MR) is 41.3 cm³/mol. The van der Waals surface area contributed by atoms with Gasteiger partial charge in [-0.15, -0.1) is 0 Å². The van der Waals surface area contributed by atoms with Crippen LogP contribution < -0.4 is 5.84 Å². The molecule has 2 nitrogen and oxygen atoms in total. The van der Waals surface area contributed by atoms with E-state index in [9.17, 15) is 0 Å². The number of nitrogens with two attached hydrogens (primary N) is 1. The quantitative estimate of drug-likeness (QED) is 0.513. The van der Waals surface area contributed by atoms with Gasteiger partial charge in [-0.3, -0.25) is 5.84 Å². The van der Waals surface area contributed by atoms with E-state index in [-0.39, 0.29) is 0 Å². The third-order valence-electron chi connectivity index (χ3n) is 3.21. The highest BCUT2D eigenvalue weighted by atomic mass is 15.5. The van der Waals surface area contributed by atoms with Crippen molar-refractivity contribution in [2.45, 2.75) is 44.1 Å². The second-order valence-electron chi connectivity index (χ2n) is 3.73. The molecular weight excluding hydrogens is 124 g/mol. The third kappa shape index (κ3) is 0.789. The topological polar surface area (TPSA) is 29.3 Å². The number of hydrogen-bond donors (Lipinski definition) is 1. The van der Waals surface area contributed by atoms with Crippen LogP contribution in [0.5, 0.6) is 0 Å². The number of nitrogens with zero attached hydrogens (tertiary/aromatic N) is 1. The van der Waals surface area contributed by atoms with Gasteiger partial charge < -0.3 is 0 Å². The highest BCUT2D eigenvalue weighted by molar-refractivity contribution is 4.98. The largest absolute Gasteiger partial charge is 0.268 e. The molecule has 1 saturated carbocycles. The fourth-order valence-electron chi connectivity index (χ4n) is 2.30. The Kier molecular flexibility index (Phi) is 1.46. The Balaban J connectivity index is 1.99. The van der Waals surface area contributed by atoms with Crippen LogP contribution in [0.1, 0.15) is 38.5 Å². The molecule has 1 aliphatic heterocycles. The molecule has 0 atom stereocenters. The molecule has 2 rings (SSSR count). The van der Waals surface area contributed by atoms with Crippen LogP contribution in [-0.2, 0) is 0 Å². The third-order valence-corrected chi connectivity index (χ3v) is 3.21. The molecule has 0 aromatic carbocycles. The van der Waals surface area contributed by atoms with Gasteiger partial charge in [0.05, 0.1) is 0 Å². The van der Waals surface area contributed by atoms with E-state index >= 15 is 0 Å². The number of hydrazine groups is 1. The fourth-order valence-corrected chi connectivity index (χ4v) is 2.30. The molecular formula is C8H16N2. The van der Waals surface area contributed by atoms with Crippen LogP contribution in [0.4, 0.5) is 0 Å². The lowest BCUT2D eigenvalue weighted by Gasteiger charge is -2.52. The molecule has 0 bridgehead atoms. The van der Waals surface area contributed by atoms with Gasteiger partial charge in [-0.2, -0.15) is 0 Å². The van der Waals surface area contributed by atoms with Gasteiger partial charge in [0.1, 0.15) is 0 Å². The van der Waals surface area contributed by atoms with Gasteiger partial charge in [-0.1, -0.05) is 19.3 Å². The summed E-state index contributed by atoms with van der Waals surface area (Å²) in [5, 5.41) is 2.06. The van der Waals surface area contributed by atoms with E-state index in [1.54, 1.807) is 0 Å². The zero-order chi connectivity index (χ0) is 7.03. The average Bonchev–Trinajstić information content (AvgIpc) is 2.04. The van der Waals surface area contributed by atoms with Crippen LogP contribution in [0.3, 0.4) is 0 Å². The van der Waals surface area contributed by atoms with E-state index < -0.39 is 0 Å². The van der Waals surface area contributed by atoms with E-state index in [4.69, 9.17) is 5.84 Å². The Bertz CT molecular complexity index is 127. The SMILES string of the molecule is NN1CCC12CCCCC2. The molecule has 1 spiro atoms. The zero-order valence-electron chi connectivity index (χ0n) is 6.47. The van der Waals surface area contributed by atoms with Crippen LogP contribution in [0.15, 0.2) is 0 Å². The Morgan fingerprint density at radius 2 is 1.70 bits per heavy atom. The Hall–Kier alpha value is -0.0800. The molecule has 0 radical (unpaired) electrons. The average molecular weight is 140 g/mol. The van der Waals surface area contributed by atoms with Crippen LogP contribution >= 0.6 is 0 Å². The van der Waals surface area contributed by atoms with E-state index in [0.29, 0.717) is 5.54 Å². The van der Waals surface area contributed by atoms with Gasteiger partial charge in [0.25, 0.3) is 0 Å². The normalized spacial score (nSPS) is 32.1. The molecule has 1 saturated heterocycles. The van der Waals surface area contributed by atoms with Gasteiger partial charge in [-0.25, -0.2) is 5.01 Å². The summed E-state index contributed by atoms with van der Waals surface area (Å²) in [6, 6.07) is 0. The summed E-state index contributed by atoms with van der Waals surface area (Å²) in [7, 11) is 0. The lowest BCUT2D eigenvalue weighted by Crippen LogP contribution is -2.63. The summed E-state index contributed by atoms with van der Waals surface area (Å²) in [6.45, 7) is 1.12. The van der Waals surface area contributed by atoms with E-state index in [0.717, 1.165) is 6.54 Å². The standard InChI is InChI=1S/C8H16N2/c9-10-7-6-8(10)4-2-1-3-5-8/h1-7,9H2. The highest BCUT2D eigenvalue weighted by Crippen LogP contribution is 2.40. The lowest BCUT2D eigenvalue weighted by molar-refractivity contribution is -0.0430. The van der Waals surface area contributed by atoms with Crippen molar-refractivity contribution in [3.05, 3.63) is 0 Å². The second-order valence-corrected chi connectivity index (χ2v) is 3.73. The first-order valence-electron chi connectivity index (χ1n) is 4.36. The number of hydrogen-bond acceptors (Lipinski definition) is 2. The monoisotopic (exact) mass is 140 g/mol. The van der Waals surface area contributed by atoms with Crippen molar-refractivity contribution < 1.29 is 0 Å². The van der Waals surface area contributed by atoms with Gasteiger partial charge in [0, 0.05) is 12.1 Å². The zero-order valence-corrected chi connectivity index (χ0v) is 6.47. The molecule has 10 heavy (non-hydrogen) atoms. The first-order chi connectivity index (χ1) is 4.83. The molecule has 1 heterocycles. The predicted octanol–water partition coefficient (Wildman–Crippen LogP) is 1.27. The summed E-state index contributed by atoms with van der Waals surface area (Å²) in [5.41, 5.74) is 0.470. The Labute approximate surface area is 62.4 Å².